The molecular formula is C8H18O2. The molecule has 0 heterocycles. The van der Waals surface area contributed by atoms with E-state index in [1.165, 1.54) is 0 Å². The van der Waals surface area contributed by atoms with E-state index in [0.29, 0.717) is 0 Å². The van der Waals surface area contributed by atoms with Gasteiger partial charge in [0.2, 0.25) is 0 Å². The van der Waals surface area contributed by atoms with E-state index in [2.05, 4.69) is 6.92 Å². The Bertz CT molecular complexity index is 73.7. The fourth-order valence-corrected chi connectivity index (χ4v) is 0.819. The van der Waals surface area contributed by atoms with E-state index in [4.69, 9.17) is 5.11 Å². The zero-order chi connectivity index (χ0) is 7.98. The molecule has 0 fully saturated rings. The van der Waals surface area contributed by atoms with Crippen molar-refractivity contribution in [2.75, 3.05) is 6.61 Å². The van der Waals surface area contributed by atoms with Gasteiger partial charge in [0.15, 0.2) is 0 Å². The van der Waals surface area contributed by atoms with Crippen molar-refractivity contribution in [3.63, 3.8) is 0 Å². The highest BCUT2D eigenvalue weighted by Crippen LogP contribution is 2.09. The Morgan fingerprint density at radius 2 is 2.00 bits per heavy atom. The van der Waals surface area contributed by atoms with E-state index in [-0.39, 0.29) is 18.6 Å². The van der Waals surface area contributed by atoms with Crippen molar-refractivity contribution in [3.05, 3.63) is 0 Å². The number of aliphatic hydroxyl groups excluding tert-OH is 2. The second-order valence-corrected chi connectivity index (χ2v) is 2.87. The van der Waals surface area contributed by atoms with Gasteiger partial charge in [-0.2, -0.15) is 0 Å². The predicted molar refractivity (Wildman–Crippen MR) is 41.8 cm³/mol. The Morgan fingerprint density at radius 1 is 1.40 bits per heavy atom. The first kappa shape index (κ1) is 9.92. The van der Waals surface area contributed by atoms with Gasteiger partial charge in [-0.05, 0) is 6.42 Å². The summed E-state index contributed by atoms with van der Waals surface area (Å²) in [6.45, 7) is 4.04. The molecule has 0 aromatic rings. The van der Waals surface area contributed by atoms with Gasteiger partial charge in [0.25, 0.3) is 0 Å². The molecule has 0 bridgehead atoms. The van der Waals surface area contributed by atoms with Crippen LogP contribution in [0.4, 0.5) is 0 Å². The van der Waals surface area contributed by atoms with Gasteiger partial charge in [-0.25, -0.2) is 0 Å². The molecule has 0 aliphatic heterocycles. The van der Waals surface area contributed by atoms with Crippen molar-refractivity contribution in [3.8, 4) is 0 Å². The van der Waals surface area contributed by atoms with Crippen LogP contribution in [0.2, 0.25) is 0 Å². The van der Waals surface area contributed by atoms with E-state index in [1.54, 1.807) is 0 Å². The monoisotopic (exact) mass is 146 g/mol. The maximum atomic E-state index is 9.29. The first-order chi connectivity index (χ1) is 4.72. The van der Waals surface area contributed by atoms with Crippen LogP contribution in [0.1, 0.15) is 33.1 Å². The number of aliphatic hydroxyl groups is 2. The molecule has 0 saturated carbocycles. The topological polar surface area (TPSA) is 40.5 Å². The maximum absolute atomic E-state index is 9.29. The van der Waals surface area contributed by atoms with Crippen molar-refractivity contribution >= 4 is 0 Å². The number of hydrogen-bond donors (Lipinski definition) is 2. The molecule has 0 radical (unpaired) electrons. The van der Waals surface area contributed by atoms with Crippen LogP contribution < -0.4 is 0 Å². The van der Waals surface area contributed by atoms with Crippen LogP contribution in [0.5, 0.6) is 0 Å². The van der Waals surface area contributed by atoms with Crippen LogP contribution in [0.3, 0.4) is 0 Å². The van der Waals surface area contributed by atoms with Gasteiger partial charge in [-0.15, -0.1) is 0 Å². The van der Waals surface area contributed by atoms with Gasteiger partial charge in [0.05, 0.1) is 6.10 Å². The molecule has 2 N–H and O–H groups in total. The molecule has 2 unspecified atom stereocenters. The summed E-state index contributed by atoms with van der Waals surface area (Å²) in [6, 6.07) is 0. The highest BCUT2D eigenvalue weighted by Gasteiger charge is 2.11. The first-order valence-corrected chi connectivity index (χ1v) is 4.01. The average molecular weight is 146 g/mol. The second-order valence-electron chi connectivity index (χ2n) is 2.87. The second kappa shape index (κ2) is 5.69. The predicted octanol–water partition coefficient (Wildman–Crippen LogP) is 1.17. The van der Waals surface area contributed by atoms with Crippen LogP contribution in [-0.2, 0) is 0 Å². The van der Waals surface area contributed by atoms with Crippen LogP contribution >= 0.6 is 0 Å². The Kier molecular flexibility index (Phi) is 5.64. The normalized spacial score (nSPS) is 16.8. The molecule has 0 aliphatic carbocycles. The minimum Gasteiger partial charge on any atom is -0.396 e. The van der Waals surface area contributed by atoms with Gasteiger partial charge in [-0.1, -0.05) is 26.7 Å². The summed E-state index contributed by atoms with van der Waals surface area (Å²) in [5.74, 6) is 0.0338. The lowest BCUT2D eigenvalue weighted by atomic mass is 10.0. The van der Waals surface area contributed by atoms with E-state index < -0.39 is 0 Å². The van der Waals surface area contributed by atoms with E-state index in [1.807, 2.05) is 6.92 Å². The molecule has 0 spiro atoms. The Morgan fingerprint density at radius 3 is 2.40 bits per heavy atom. The SMILES string of the molecule is CCCCC(O)C(C)CO. The molecule has 2 nitrogen and oxygen atoms in total. The third kappa shape index (κ3) is 3.85. The van der Waals surface area contributed by atoms with Crippen molar-refractivity contribution in [2.45, 2.75) is 39.2 Å². The summed E-state index contributed by atoms with van der Waals surface area (Å²) >= 11 is 0. The fraction of sp³-hybridized carbons (Fsp3) is 1.00. The average Bonchev–Trinajstić information content (AvgIpc) is 1.98. The molecule has 0 saturated heterocycles. The molecule has 0 aliphatic rings. The Balaban J connectivity index is 3.31. The number of unbranched alkanes of at least 4 members (excludes halogenated alkanes) is 1. The van der Waals surface area contributed by atoms with Crippen molar-refractivity contribution < 1.29 is 10.2 Å². The molecule has 2 atom stereocenters. The lowest BCUT2D eigenvalue weighted by Gasteiger charge is -2.15. The van der Waals surface area contributed by atoms with Crippen molar-refractivity contribution in [1.82, 2.24) is 0 Å². The van der Waals surface area contributed by atoms with Crippen LogP contribution in [0, 0.1) is 5.92 Å². The minimum absolute atomic E-state index is 0.0338. The summed E-state index contributed by atoms with van der Waals surface area (Å²) in [4.78, 5) is 0. The smallest absolute Gasteiger partial charge is 0.0587 e. The summed E-state index contributed by atoms with van der Waals surface area (Å²) in [6.07, 6.45) is 2.66. The third-order valence-corrected chi connectivity index (χ3v) is 1.80. The lowest BCUT2D eigenvalue weighted by Crippen LogP contribution is -2.20. The molecular weight excluding hydrogens is 128 g/mol. The Labute approximate surface area is 62.9 Å². The van der Waals surface area contributed by atoms with Crippen LogP contribution in [0.15, 0.2) is 0 Å². The van der Waals surface area contributed by atoms with Crippen LogP contribution in [0.25, 0.3) is 0 Å². The zero-order valence-corrected chi connectivity index (χ0v) is 6.88. The van der Waals surface area contributed by atoms with Gasteiger partial charge >= 0.3 is 0 Å². The molecule has 0 amide bonds. The number of rotatable bonds is 5. The fourth-order valence-electron chi connectivity index (χ4n) is 0.819. The zero-order valence-electron chi connectivity index (χ0n) is 6.88. The summed E-state index contributed by atoms with van der Waals surface area (Å²) in [5, 5.41) is 17.9. The van der Waals surface area contributed by atoms with Gasteiger partial charge in [0, 0.05) is 12.5 Å². The van der Waals surface area contributed by atoms with Crippen molar-refractivity contribution in [2.24, 2.45) is 5.92 Å². The van der Waals surface area contributed by atoms with E-state index in [9.17, 15) is 5.11 Å². The first-order valence-electron chi connectivity index (χ1n) is 4.01. The standard InChI is InChI=1S/C8H18O2/c1-3-4-5-8(10)7(2)6-9/h7-10H,3-6H2,1-2H3. The Hall–Kier alpha value is -0.0800. The molecule has 62 valence electrons. The van der Waals surface area contributed by atoms with Crippen molar-refractivity contribution in [1.29, 1.82) is 0 Å². The molecule has 0 aromatic heterocycles. The largest absolute Gasteiger partial charge is 0.396 e. The molecule has 10 heavy (non-hydrogen) atoms. The van der Waals surface area contributed by atoms with E-state index in [0.717, 1.165) is 19.3 Å². The minimum atomic E-state index is -0.315. The maximum Gasteiger partial charge on any atom is 0.0587 e. The molecule has 0 aromatic carbocycles. The quantitative estimate of drug-likeness (QED) is 0.611. The highest BCUT2D eigenvalue weighted by atomic mass is 16.3. The van der Waals surface area contributed by atoms with Gasteiger partial charge in [0.1, 0.15) is 0 Å². The lowest BCUT2D eigenvalue weighted by molar-refractivity contribution is 0.0689. The molecule has 0 rings (SSSR count). The third-order valence-electron chi connectivity index (χ3n) is 1.80. The van der Waals surface area contributed by atoms with Crippen LogP contribution in [-0.4, -0.2) is 22.9 Å². The molecule has 2 heteroatoms. The van der Waals surface area contributed by atoms with E-state index >= 15 is 0 Å². The van der Waals surface area contributed by atoms with Gasteiger partial charge in [-0.3, -0.25) is 0 Å². The summed E-state index contributed by atoms with van der Waals surface area (Å²) in [7, 11) is 0. The highest BCUT2D eigenvalue weighted by molar-refractivity contribution is 4.62. The summed E-state index contributed by atoms with van der Waals surface area (Å²) in [5.41, 5.74) is 0. The summed E-state index contributed by atoms with van der Waals surface area (Å²) < 4.78 is 0. The van der Waals surface area contributed by atoms with Gasteiger partial charge < -0.3 is 10.2 Å². The number of hydrogen-bond acceptors (Lipinski definition) is 2.